The highest BCUT2D eigenvalue weighted by Crippen LogP contribution is 2.42. The number of rotatable bonds is 0. The third-order valence-electron chi connectivity index (χ3n) is 4.44. The summed E-state index contributed by atoms with van der Waals surface area (Å²) in [7, 11) is 2.35. The van der Waals surface area contributed by atoms with Crippen LogP contribution in [0, 0.1) is 17.8 Å². The summed E-state index contributed by atoms with van der Waals surface area (Å²) in [5.74, 6) is 2.36. The highest BCUT2D eigenvalue weighted by molar-refractivity contribution is 5.85. The van der Waals surface area contributed by atoms with Gasteiger partial charge in [-0.15, -0.1) is 0 Å². The fraction of sp³-hybridized carbons (Fsp3) is 0.909. The molecule has 3 saturated heterocycles. The molecule has 72 valence electrons. The van der Waals surface area contributed by atoms with Crippen LogP contribution in [0.3, 0.4) is 0 Å². The van der Waals surface area contributed by atoms with Crippen molar-refractivity contribution in [2.45, 2.75) is 19.3 Å². The molecule has 0 N–H and O–H groups in total. The predicted octanol–water partition coefficient (Wildman–Crippen LogP) is 1.06. The van der Waals surface area contributed by atoms with Crippen molar-refractivity contribution in [3.05, 3.63) is 0 Å². The van der Waals surface area contributed by atoms with Crippen molar-refractivity contribution < 1.29 is 9.28 Å². The number of carbonyl (C=O) groups is 1. The summed E-state index contributed by atoms with van der Waals surface area (Å²) in [4.78, 5) is 11.9. The Morgan fingerprint density at radius 2 is 1.85 bits per heavy atom. The fourth-order valence-corrected chi connectivity index (χ4v) is 3.85. The van der Waals surface area contributed by atoms with E-state index in [1.807, 2.05) is 0 Å². The molecule has 2 atom stereocenters. The maximum absolute atomic E-state index is 11.9. The van der Waals surface area contributed by atoms with Gasteiger partial charge in [-0.1, -0.05) is 0 Å². The molecule has 2 nitrogen and oxygen atoms in total. The molecule has 3 aliphatic heterocycles. The summed E-state index contributed by atoms with van der Waals surface area (Å²) in [6, 6.07) is 0. The van der Waals surface area contributed by atoms with Crippen molar-refractivity contribution >= 4 is 5.78 Å². The SMILES string of the molecule is C[N+]12CCC3CC(C1)C(=O)C(C3)C2. The van der Waals surface area contributed by atoms with E-state index < -0.39 is 0 Å². The monoisotopic (exact) mass is 180 g/mol. The number of hydrogen-bond donors (Lipinski definition) is 0. The Hall–Kier alpha value is -0.370. The first-order valence-electron chi connectivity index (χ1n) is 5.54. The molecule has 0 radical (unpaired) electrons. The van der Waals surface area contributed by atoms with Crippen LogP contribution in [0.15, 0.2) is 0 Å². The zero-order chi connectivity index (χ0) is 9.05. The molecule has 4 rings (SSSR count). The molecule has 0 aromatic heterocycles. The Balaban J connectivity index is 2.00. The molecule has 2 unspecified atom stereocenters. The van der Waals surface area contributed by atoms with E-state index in [0.29, 0.717) is 17.6 Å². The minimum Gasteiger partial charge on any atom is -0.325 e. The molecule has 0 aromatic carbocycles. The molecule has 1 saturated carbocycles. The maximum atomic E-state index is 11.9. The van der Waals surface area contributed by atoms with E-state index in [0.717, 1.165) is 19.0 Å². The second-order valence-corrected chi connectivity index (χ2v) is 5.63. The van der Waals surface area contributed by atoms with E-state index in [9.17, 15) is 4.79 Å². The van der Waals surface area contributed by atoms with Crippen molar-refractivity contribution in [2.24, 2.45) is 17.8 Å². The van der Waals surface area contributed by atoms with E-state index in [-0.39, 0.29) is 0 Å². The van der Waals surface area contributed by atoms with E-state index in [2.05, 4.69) is 7.05 Å². The summed E-state index contributed by atoms with van der Waals surface area (Å²) in [6.45, 7) is 3.61. The molecule has 13 heavy (non-hydrogen) atoms. The van der Waals surface area contributed by atoms with Crippen LogP contribution in [0.2, 0.25) is 0 Å². The van der Waals surface area contributed by atoms with Gasteiger partial charge in [0, 0.05) is 0 Å². The van der Waals surface area contributed by atoms with Gasteiger partial charge in [-0.3, -0.25) is 4.79 Å². The fourth-order valence-electron chi connectivity index (χ4n) is 3.85. The molecule has 4 bridgehead atoms. The Labute approximate surface area is 79.5 Å². The molecule has 4 aliphatic rings. The molecule has 4 fully saturated rings. The normalized spacial score (nSPS) is 53.9. The number of hydrogen-bond acceptors (Lipinski definition) is 1. The Morgan fingerprint density at radius 3 is 2.46 bits per heavy atom. The summed E-state index contributed by atoms with van der Waals surface area (Å²) < 4.78 is 1.19. The lowest BCUT2D eigenvalue weighted by atomic mass is 9.72. The van der Waals surface area contributed by atoms with Crippen LogP contribution >= 0.6 is 0 Å². The molecule has 1 aliphatic carbocycles. The molecular formula is C11H18NO+. The largest absolute Gasteiger partial charge is 0.325 e. The van der Waals surface area contributed by atoms with Gasteiger partial charge in [0.1, 0.15) is 5.78 Å². The summed E-state index contributed by atoms with van der Waals surface area (Å²) in [5, 5.41) is 0. The van der Waals surface area contributed by atoms with Gasteiger partial charge in [0.2, 0.25) is 0 Å². The van der Waals surface area contributed by atoms with E-state index in [1.54, 1.807) is 0 Å². The van der Waals surface area contributed by atoms with Gasteiger partial charge in [0.15, 0.2) is 0 Å². The lowest BCUT2D eigenvalue weighted by Crippen LogP contribution is -2.57. The zero-order valence-corrected chi connectivity index (χ0v) is 8.33. The van der Waals surface area contributed by atoms with Gasteiger partial charge in [0.05, 0.1) is 38.5 Å². The first-order valence-corrected chi connectivity index (χ1v) is 5.54. The van der Waals surface area contributed by atoms with Crippen molar-refractivity contribution in [1.29, 1.82) is 0 Å². The highest BCUT2D eigenvalue weighted by Gasteiger charge is 2.50. The van der Waals surface area contributed by atoms with Crippen LogP contribution < -0.4 is 0 Å². The lowest BCUT2D eigenvalue weighted by Gasteiger charge is -2.43. The summed E-state index contributed by atoms with van der Waals surface area (Å²) in [6.07, 6.45) is 3.79. The highest BCUT2D eigenvalue weighted by atomic mass is 16.1. The van der Waals surface area contributed by atoms with Crippen molar-refractivity contribution in [1.82, 2.24) is 0 Å². The Morgan fingerprint density at radius 1 is 1.23 bits per heavy atom. The van der Waals surface area contributed by atoms with Gasteiger partial charge in [-0.2, -0.15) is 0 Å². The van der Waals surface area contributed by atoms with Crippen LogP contribution in [-0.2, 0) is 4.79 Å². The number of carbonyl (C=O) groups excluding carboxylic acids is 1. The molecule has 3 heterocycles. The van der Waals surface area contributed by atoms with E-state index in [4.69, 9.17) is 0 Å². The van der Waals surface area contributed by atoms with Crippen molar-refractivity contribution in [3.8, 4) is 0 Å². The molecule has 0 spiro atoms. The van der Waals surface area contributed by atoms with Gasteiger partial charge in [-0.05, 0) is 25.2 Å². The molecule has 0 aromatic rings. The van der Waals surface area contributed by atoms with Gasteiger partial charge >= 0.3 is 0 Å². The molecular weight excluding hydrogens is 162 g/mol. The third-order valence-corrected chi connectivity index (χ3v) is 4.44. The maximum Gasteiger partial charge on any atom is 0.150 e. The number of ketones is 1. The van der Waals surface area contributed by atoms with Crippen LogP contribution in [0.25, 0.3) is 0 Å². The van der Waals surface area contributed by atoms with E-state index in [1.165, 1.54) is 30.3 Å². The average molecular weight is 180 g/mol. The van der Waals surface area contributed by atoms with E-state index >= 15 is 0 Å². The number of nitrogens with zero attached hydrogens (tertiary/aromatic N) is 1. The molecule has 0 amide bonds. The lowest BCUT2D eigenvalue weighted by molar-refractivity contribution is -0.915. The first kappa shape index (κ1) is 7.98. The smallest absolute Gasteiger partial charge is 0.150 e. The number of Topliss-reactive ketones (excluding diaryl/α,β-unsaturated/α-hetero) is 1. The average Bonchev–Trinajstić information content (AvgIpc) is 2.26. The molecule has 2 heteroatoms. The summed E-state index contributed by atoms with van der Waals surface area (Å²) >= 11 is 0. The Bertz CT molecular complexity index is 243. The minimum absolute atomic E-state index is 0.435. The van der Waals surface area contributed by atoms with Crippen molar-refractivity contribution in [2.75, 3.05) is 26.7 Å². The summed E-state index contributed by atoms with van der Waals surface area (Å²) in [5.41, 5.74) is 0. The predicted molar refractivity (Wildman–Crippen MR) is 50.1 cm³/mol. The quantitative estimate of drug-likeness (QED) is 0.509. The van der Waals surface area contributed by atoms with Crippen LogP contribution in [-0.4, -0.2) is 36.9 Å². The Kier molecular flexibility index (Phi) is 1.44. The first-order chi connectivity index (χ1) is 6.16. The third kappa shape index (κ3) is 1.08. The minimum atomic E-state index is 0.435. The van der Waals surface area contributed by atoms with Crippen LogP contribution in [0.4, 0.5) is 0 Å². The second kappa shape index (κ2) is 2.35. The number of piperidine rings is 1. The zero-order valence-electron chi connectivity index (χ0n) is 8.33. The topological polar surface area (TPSA) is 17.1 Å². The standard InChI is InChI=1S/C11H18NO/c1-12-3-2-8-4-9(6-12)11(13)10(5-8)7-12/h8-10H,2-7H2,1H3/q+1. The second-order valence-electron chi connectivity index (χ2n) is 5.63. The van der Waals surface area contributed by atoms with Crippen molar-refractivity contribution in [3.63, 3.8) is 0 Å². The number of fused-ring (bicyclic) bond motifs is 1. The van der Waals surface area contributed by atoms with Gasteiger partial charge in [-0.25, -0.2) is 0 Å². The van der Waals surface area contributed by atoms with Crippen LogP contribution in [0.1, 0.15) is 19.3 Å². The van der Waals surface area contributed by atoms with Gasteiger partial charge in [0.25, 0.3) is 0 Å². The number of quaternary nitrogens is 1. The van der Waals surface area contributed by atoms with Crippen LogP contribution in [0.5, 0.6) is 0 Å². The van der Waals surface area contributed by atoms with Gasteiger partial charge < -0.3 is 4.48 Å².